The molecule has 1 aliphatic carbocycles. The molecule has 0 fully saturated rings. The minimum Gasteiger partial charge on any atom is -0.345 e. The summed E-state index contributed by atoms with van der Waals surface area (Å²) in [5, 5.41) is 5.52. The topological polar surface area (TPSA) is 62.3 Å². The van der Waals surface area contributed by atoms with Crippen molar-refractivity contribution in [2.45, 2.75) is 19.3 Å². The molecule has 1 heterocycles. The number of hydrogen-bond acceptors (Lipinski definition) is 4. The Morgan fingerprint density at radius 1 is 1.00 bits per heavy atom. The number of nitrogens with one attached hydrogen (secondary N) is 1. The molecule has 1 aromatic heterocycles. The van der Waals surface area contributed by atoms with Gasteiger partial charge >= 0.3 is 0 Å². The van der Waals surface area contributed by atoms with Crippen molar-refractivity contribution in [1.29, 1.82) is 0 Å². The summed E-state index contributed by atoms with van der Waals surface area (Å²) in [7, 11) is 3.50. The van der Waals surface area contributed by atoms with Gasteiger partial charge < -0.3 is 10.2 Å². The fourth-order valence-electron chi connectivity index (χ4n) is 5.05. The van der Waals surface area contributed by atoms with Crippen LogP contribution in [0, 0.1) is 5.41 Å². The maximum absolute atomic E-state index is 13.6. The van der Waals surface area contributed by atoms with E-state index < -0.39 is 5.41 Å². The second-order valence-corrected chi connectivity index (χ2v) is 10.3. The summed E-state index contributed by atoms with van der Waals surface area (Å²) >= 11 is 1.42. The average Bonchev–Trinajstić information content (AvgIpc) is 3.49. The van der Waals surface area contributed by atoms with E-state index in [1.54, 1.807) is 25.2 Å². The Kier molecular flexibility index (Phi) is 5.99. The van der Waals surface area contributed by atoms with Crippen LogP contribution < -0.4 is 5.32 Å². The number of aromatic nitrogens is 1. The van der Waals surface area contributed by atoms with E-state index in [2.05, 4.69) is 47.6 Å². The first-order valence-corrected chi connectivity index (χ1v) is 12.5. The summed E-state index contributed by atoms with van der Waals surface area (Å²) in [5.41, 5.74) is 5.59. The van der Waals surface area contributed by atoms with Gasteiger partial charge in [-0.2, -0.15) is 0 Å². The Hall–Kier alpha value is -3.77. The van der Waals surface area contributed by atoms with Crippen molar-refractivity contribution in [2.75, 3.05) is 19.4 Å². The molecule has 3 aromatic carbocycles. The molecule has 2 atom stereocenters. The van der Waals surface area contributed by atoms with E-state index in [9.17, 15) is 9.59 Å². The third kappa shape index (κ3) is 4.26. The third-order valence-electron chi connectivity index (χ3n) is 6.82. The minimum absolute atomic E-state index is 0.0155. The van der Waals surface area contributed by atoms with E-state index in [0.29, 0.717) is 17.1 Å². The number of carbonyl (C=O) groups excluding carboxylic acids is 2. The van der Waals surface area contributed by atoms with Gasteiger partial charge in [0, 0.05) is 37.2 Å². The quantitative estimate of drug-likeness (QED) is 0.389. The number of anilines is 1. The number of benzene rings is 3. The van der Waals surface area contributed by atoms with Crippen molar-refractivity contribution in [3.8, 4) is 11.1 Å². The normalized spacial score (nSPS) is 18.7. The number of carbonyl (C=O) groups is 2. The smallest absolute Gasteiger partial charge is 0.253 e. The molecule has 0 spiro atoms. The lowest BCUT2D eigenvalue weighted by atomic mass is 9.73. The molecule has 2 amide bonds. The van der Waals surface area contributed by atoms with Crippen LogP contribution in [-0.4, -0.2) is 35.8 Å². The summed E-state index contributed by atoms with van der Waals surface area (Å²) < 4.78 is 0. The van der Waals surface area contributed by atoms with Gasteiger partial charge in [-0.1, -0.05) is 60.7 Å². The maximum Gasteiger partial charge on any atom is 0.253 e. The first-order valence-electron chi connectivity index (χ1n) is 11.6. The van der Waals surface area contributed by atoms with Crippen LogP contribution in [0.5, 0.6) is 0 Å². The van der Waals surface area contributed by atoms with Crippen molar-refractivity contribution < 1.29 is 9.59 Å². The second kappa shape index (κ2) is 9.12. The molecule has 2 unspecified atom stereocenters. The van der Waals surface area contributed by atoms with Gasteiger partial charge in [0.25, 0.3) is 5.91 Å². The summed E-state index contributed by atoms with van der Waals surface area (Å²) in [4.78, 5) is 31.7. The lowest BCUT2D eigenvalue weighted by Gasteiger charge is -2.30. The number of rotatable bonds is 5. The van der Waals surface area contributed by atoms with Crippen LogP contribution in [0.15, 0.2) is 84.4 Å². The Morgan fingerprint density at radius 2 is 1.71 bits per heavy atom. The Morgan fingerprint density at radius 3 is 2.37 bits per heavy atom. The van der Waals surface area contributed by atoms with E-state index in [1.165, 1.54) is 22.5 Å². The summed E-state index contributed by atoms with van der Waals surface area (Å²) in [5.74, 6) is -0.100. The second-order valence-electron chi connectivity index (χ2n) is 9.42. The van der Waals surface area contributed by atoms with E-state index in [0.717, 1.165) is 16.7 Å². The molecule has 0 aliphatic heterocycles. The lowest BCUT2D eigenvalue weighted by Crippen LogP contribution is -2.37. The van der Waals surface area contributed by atoms with Crippen LogP contribution in [0.4, 0.5) is 5.13 Å². The van der Waals surface area contributed by atoms with Crippen molar-refractivity contribution in [3.63, 3.8) is 0 Å². The molecule has 0 radical (unpaired) electrons. The maximum atomic E-state index is 13.6. The predicted octanol–water partition coefficient (Wildman–Crippen LogP) is 5.84. The summed E-state index contributed by atoms with van der Waals surface area (Å²) in [6.07, 6.45) is 2.33. The van der Waals surface area contributed by atoms with E-state index in [4.69, 9.17) is 0 Å². The van der Waals surface area contributed by atoms with Gasteiger partial charge in [-0.25, -0.2) is 4.98 Å². The van der Waals surface area contributed by atoms with E-state index in [-0.39, 0.29) is 17.7 Å². The van der Waals surface area contributed by atoms with Crippen LogP contribution in [0.1, 0.15) is 39.9 Å². The molecular formula is C29H27N3O2S. The number of fused-ring (bicyclic) bond motifs is 1. The fourth-order valence-corrected chi connectivity index (χ4v) is 5.58. The van der Waals surface area contributed by atoms with E-state index >= 15 is 0 Å². The van der Waals surface area contributed by atoms with Gasteiger partial charge in [-0.15, -0.1) is 11.3 Å². The average molecular weight is 482 g/mol. The highest BCUT2D eigenvalue weighted by molar-refractivity contribution is 7.13. The van der Waals surface area contributed by atoms with Gasteiger partial charge in [-0.05, 0) is 53.3 Å². The van der Waals surface area contributed by atoms with Crippen molar-refractivity contribution >= 4 is 28.3 Å². The zero-order valence-electron chi connectivity index (χ0n) is 20.0. The number of nitrogens with zero attached hydrogens (tertiary/aromatic N) is 2. The van der Waals surface area contributed by atoms with Crippen molar-refractivity contribution in [2.24, 2.45) is 5.41 Å². The predicted molar refractivity (Wildman–Crippen MR) is 141 cm³/mol. The Balaban J connectivity index is 1.51. The number of amides is 2. The Bertz CT molecular complexity index is 1370. The molecule has 35 heavy (non-hydrogen) atoms. The number of thiazole rings is 1. The highest BCUT2D eigenvalue weighted by atomic mass is 32.1. The molecule has 5 rings (SSSR count). The van der Waals surface area contributed by atoms with Gasteiger partial charge in [-0.3, -0.25) is 9.59 Å². The van der Waals surface area contributed by atoms with Crippen LogP contribution in [0.25, 0.3) is 11.1 Å². The molecule has 1 N–H and O–H groups in total. The zero-order chi connectivity index (χ0) is 24.6. The monoisotopic (exact) mass is 481 g/mol. The largest absolute Gasteiger partial charge is 0.345 e. The summed E-state index contributed by atoms with van der Waals surface area (Å²) in [6, 6.07) is 24.4. The third-order valence-corrected chi connectivity index (χ3v) is 7.51. The van der Waals surface area contributed by atoms with Gasteiger partial charge in [0.05, 0.1) is 5.41 Å². The van der Waals surface area contributed by atoms with Crippen LogP contribution in [0.3, 0.4) is 0 Å². The standard InChI is InChI=1S/C29H27N3O2S/c1-29(27(34)31-28-30-15-16-35-28)18-23-17-22(19-9-11-21(12-10-19)26(33)32(2)3)13-14-24(23)25(29)20-7-5-4-6-8-20/h4-17,25H,18H2,1-3H3,(H,30,31,34). The molecule has 0 saturated heterocycles. The Labute approximate surface area is 209 Å². The molecule has 0 bridgehead atoms. The molecule has 0 saturated carbocycles. The van der Waals surface area contributed by atoms with Crippen LogP contribution in [-0.2, 0) is 11.2 Å². The minimum atomic E-state index is -0.657. The van der Waals surface area contributed by atoms with Crippen molar-refractivity contribution in [3.05, 3.63) is 107 Å². The van der Waals surface area contributed by atoms with Gasteiger partial charge in [0.2, 0.25) is 5.91 Å². The van der Waals surface area contributed by atoms with Gasteiger partial charge in [0.1, 0.15) is 0 Å². The van der Waals surface area contributed by atoms with Crippen LogP contribution in [0.2, 0.25) is 0 Å². The molecule has 4 aromatic rings. The highest BCUT2D eigenvalue weighted by Crippen LogP contribution is 2.52. The lowest BCUT2D eigenvalue weighted by molar-refractivity contribution is -0.125. The SMILES string of the molecule is CN(C)C(=O)c1ccc(-c2ccc3c(c2)CC(C)(C(=O)Nc2nccs2)C3c2ccccc2)cc1. The molecule has 5 nitrogen and oxygen atoms in total. The molecule has 6 heteroatoms. The molecular weight excluding hydrogens is 454 g/mol. The van der Waals surface area contributed by atoms with E-state index in [1.807, 2.05) is 47.8 Å². The van der Waals surface area contributed by atoms with Crippen molar-refractivity contribution in [1.82, 2.24) is 9.88 Å². The first kappa shape index (κ1) is 23.0. The fraction of sp³-hybridized carbons (Fsp3) is 0.207. The molecule has 176 valence electrons. The number of hydrogen-bond donors (Lipinski definition) is 1. The first-order chi connectivity index (χ1) is 16.9. The zero-order valence-corrected chi connectivity index (χ0v) is 20.8. The van der Waals surface area contributed by atoms with Crippen LogP contribution >= 0.6 is 11.3 Å². The molecule has 1 aliphatic rings. The highest BCUT2D eigenvalue weighted by Gasteiger charge is 2.48. The van der Waals surface area contributed by atoms with Gasteiger partial charge in [0.15, 0.2) is 5.13 Å². The summed E-state index contributed by atoms with van der Waals surface area (Å²) in [6.45, 7) is 2.05.